The third-order valence-electron chi connectivity index (χ3n) is 2.43. The number of hydrogen-bond donors (Lipinski definition) is 2. The maximum Gasteiger partial charge on any atom is 0.331 e. The van der Waals surface area contributed by atoms with Crippen LogP contribution in [0.2, 0.25) is 0 Å². The lowest BCUT2D eigenvalue weighted by Gasteiger charge is -2.26. The number of hydrogen-bond acceptors (Lipinski definition) is 2. The molecule has 0 aromatic rings. The minimum Gasteiger partial charge on any atom is -0.481 e. The molecule has 0 bridgehead atoms. The quantitative estimate of drug-likeness (QED) is 0.688. The molecule has 0 amide bonds. The lowest BCUT2D eigenvalue weighted by Crippen LogP contribution is -2.31. The summed E-state index contributed by atoms with van der Waals surface area (Å²) in [5.74, 6) is -2.10. The smallest absolute Gasteiger partial charge is 0.331 e. The van der Waals surface area contributed by atoms with Crippen molar-refractivity contribution in [3.05, 3.63) is 36.5 Å². The molecule has 0 saturated heterocycles. The van der Waals surface area contributed by atoms with Crippen LogP contribution in [0.5, 0.6) is 0 Å². The van der Waals surface area contributed by atoms with Crippen LogP contribution in [0.1, 0.15) is 12.8 Å². The van der Waals surface area contributed by atoms with Gasteiger partial charge in [0.15, 0.2) is 0 Å². The van der Waals surface area contributed by atoms with Gasteiger partial charge in [0.25, 0.3) is 0 Å². The van der Waals surface area contributed by atoms with Crippen LogP contribution in [-0.4, -0.2) is 22.2 Å². The van der Waals surface area contributed by atoms with E-state index < -0.39 is 17.4 Å². The molecule has 0 fully saturated rings. The second kappa shape index (κ2) is 4.13. The van der Waals surface area contributed by atoms with Gasteiger partial charge in [0, 0.05) is 5.57 Å². The average molecular weight is 208 g/mol. The minimum absolute atomic E-state index is 0.000185. The van der Waals surface area contributed by atoms with E-state index in [1.54, 1.807) is 0 Å². The van der Waals surface area contributed by atoms with Crippen molar-refractivity contribution < 1.29 is 19.8 Å². The Bertz CT molecular complexity index is 365. The fourth-order valence-corrected chi connectivity index (χ4v) is 1.59. The van der Waals surface area contributed by atoms with Crippen LogP contribution in [0.25, 0.3) is 0 Å². The number of carboxylic acid groups (broad SMARTS) is 2. The summed E-state index contributed by atoms with van der Waals surface area (Å²) in [5.41, 5.74) is -1.04. The van der Waals surface area contributed by atoms with Crippen LogP contribution in [0, 0.1) is 5.41 Å². The second-order valence-corrected chi connectivity index (χ2v) is 3.49. The highest BCUT2D eigenvalue weighted by molar-refractivity contribution is 5.90. The highest BCUT2D eigenvalue weighted by atomic mass is 16.4. The molecule has 0 radical (unpaired) electrons. The zero-order chi connectivity index (χ0) is 11.5. The zero-order valence-electron chi connectivity index (χ0n) is 8.14. The van der Waals surface area contributed by atoms with E-state index in [0.29, 0.717) is 0 Å². The first-order valence-corrected chi connectivity index (χ1v) is 4.48. The summed E-state index contributed by atoms with van der Waals surface area (Å²) in [6.45, 7) is 3.49. The van der Waals surface area contributed by atoms with Gasteiger partial charge < -0.3 is 10.2 Å². The van der Waals surface area contributed by atoms with Crippen LogP contribution in [0.3, 0.4) is 0 Å². The first-order chi connectivity index (χ1) is 7.02. The van der Waals surface area contributed by atoms with Crippen molar-refractivity contribution in [3.8, 4) is 0 Å². The van der Waals surface area contributed by atoms with Crippen LogP contribution >= 0.6 is 0 Å². The van der Waals surface area contributed by atoms with Crippen molar-refractivity contribution in [2.45, 2.75) is 12.8 Å². The summed E-state index contributed by atoms with van der Waals surface area (Å²) in [6, 6.07) is 0. The molecule has 80 valence electrons. The van der Waals surface area contributed by atoms with E-state index >= 15 is 0 Å². The van der Waals surface area contributed by atoms with Crippen molar-refractivity contribution in [1.29, 1.82) is 0 Å². The Morgan fingerprint density at radius 3 is 2.67 bits per heavy atom. The van der Waals surface area contributed by atoms with Crippen molar-refractivity contribution in [2.75, 3.05) is 0 Å². The van der Waals surface area contributed by atoms with Gasteiger partial charge >= 0.3 is 11.9 Å². The summed E-state index contributed by atoms with van der Waals surface area (Å²) in [4.78, 5) is 21.9. The Balaban J connectivity index is 3.01. The van der Waals surface area contributed by atoms with E-state index in [-0.39, 0.29) is 18.4 Å². The molecule has 4 heteroatoms. The van der Waals surface area contributed by atoms with E-state index in [2.05, 4.69) is 6.58 Å². The summed E-state index contributed by atoms with van der Waals surface area (Å²) in [5, 5.41) is 17.9. The third-order valence-corrected chi connectivity index (χ3v) is 2.43. The first-order valence-electron chi connectivity index (χ1n) is 4.48. The summed E-state index contributed by atoms with van der Waals surface area (Å²) in [6.07, 6.45) is 6.13. The molecule has 0 aliphatic heterocycles. The van der Waals surface area contributed by atoms with E-state index in [0.717, 1.165) is 0 Å². The van der Waals surface area contributed by atoms with Crippen LogP contribution in [0.15, 0.2) is 36.5 Å². The van der Waals surface area contributed by atoms with E-state index in [4.69, 9.17) is 10.2 Å². The van der Waals surface area contributed by atoms with Crippen molar-refractivity contribution in [1.82, 2.24) is 0 Å². The molecule has 1 atom stereocenters. The predicted octanol–water partition coefficient (Wildman–Crippen LogP) is 1.60. The number of carbonyl (C=O) groups is 2. The van der Waals surface area contributed by atoms with E-state index in [1.807, 2.05) is 0 Å². The lowest BCUT2D eigenvalue weighted by atomic mass is 9.76. The molecule has 1 aliphatic rings. The van der Waals surface area contributed by atoms with Gasteiger partial charge in [0.1, 0.15) is 0 Å². The zero-order valence-corrected chi connectivity index (χ0v) is 8.14. The Labute approximate surface area is 87.2 Å². The number of rotatable bonds is 4. The van der Waals surface area contributed by atoms with Gasteiger partial charge in [-0.1, -0.05) is 24.3 Å². The largest absolute Gasteiger partial charge is 0.481 e. The molecule has 0 heterocycles. The van der Waals surface area contributed by atoms with Gasteiger partial charge in [-0.25, -0.2) is 4.79 Å². The monoisotopic (exact) mass is 208 g/mol. The average Bonchev–Trinajstić information content (AvgIpc) is 2.18. The summed E-state index contributed by atoms with van der Waals surface area (Å²) in [7, 11) is 0. The van der Waals surface area contributed by atoms with Gasteiger partial charge in [-0.05, 0) is 12.8 Å². The van der Waals surface area contributed by atoms with E-state index in [9.17, 15) is 9.59 Å². The molecule has 0 saturated carbocycles. The SMILES string of the molecule is C=CCC1(C(=O)O)C=CC=C(C(=O)O)C1. The molecule has 2 N–H and O–H groups in total. The fraction of sp³-hybridized carbons (Fsp3) is 0.273. The highest BCUT2D eigenvalue weighted by Gasteiger charge is 2.38. The third kappa shape index (κ3) is 2.15. The molecule has 1 aliphatic carbocycles. The second-order valence-electron chi connectivity index (χ2n) is 3.49. The van der Waals surface area contributed by atoms with Gasteiger partial charge in [-0.3, -0.25) is 4.79 Å². The molecule has 4 nitrogen and oxygen atoms in total. The molecule has 15 heavy (non-hydrogen) atoms. The van der Waals surface area contributed by atoms with Gasteiger partial charge in [-0.15, -0.1) is 6.58 Å². The minimum atomic E-state index is -1.15. The van der Waals surface area contributed by atoms with Crippen molar-refractivity contribution in [3.63, 3.8) is 0 Å². The van der Waals surface area contributed by atoms with Crippen LogP contribution < -0.4 is 0 Å². The molecule has 0 aromatic carbocycles. The summed E-state index contributed by atoms with van der Waals surface area (Å²) < 4.78 is 0. The maximum absolute atomic E-state index is 11.1. The highest BCUT2D eigenvalue weighted by Crippen LogP contribution is 2.35. The molecule has 0 spiro atoms. The Hall–Kier alpha value is -1.84. The molecular weight excluding hydrogens is 196 g/mol. The Morgan fingerprint density at radius 2 is 2.20 bits per heavy atom. The number of carboxylic acids is 2. The molecule has 0 aromatic heterocycles. The predicted molar refractivity (Wildman–Crippen MR) is 54.4 cm³/mol. The Morgan fingerprint density at radius 1 is 1.53 bits per heavy atom. The molecule has 1 unspecified atom stereocenters. The van der Waals surface area contributed by atoms with Crippen LogP contribution in [0.4, 0.5) is 0 Å². The first kappa shape index (κ1) is 11.2. The van der Waals surface area contributed by atoms with Gasteiger partial charge in [-0.2, -0.15) is 0 Å². The number of aliphatic carboxylic acids is 2. The fourth-order valence-electron chi connectivity index (χ4n) is 1.59. The lowest BCUT2D eigenvalue weighted by molar-refractivity contribution is -0.146. The standard InChI is InChI=1S/C11H12O4/c1-2-5-11(10(14)15)6-3-4-8(7-11)9(12)13/h2-4,6H,1,5,7H2,(H,12,13)(H,14,15). The normalized spacial score (nSPS) is 24.4. The van der Waals surface area contributed by atoms with Crippen LogP contribution in [-0.2, 0) is 9.59 Å². The van der Waals surface area contributed by atoms with Crippen molar-refractivity contribution >= 4 is 11.9 Å². The Kier molecular flexibility index (Phi) is 3.09. The maximum atomic E-state index is 11.1. The molecule has 1 rings (SSSR count). The van der Waals surface area contributed by atoms with Crippen molar-refractivity contribution in [2.24, 2.45) is 5.41 Å². The van der Waals surface area contributed by atoms with Gasteiger partial charge in [0.2, 0.25) is 0 Å². The topological polar surface area (TPSA) is 74.6 Å². The van der Waals surface area contributed by atoms with Gasteiger partial charge in [0.05, 0.1) is 5.41 Å². The summed E-state index contributed by atoms with van der Waals surface area (Å²) >= 11 is 0. The molecular formula is C11H12O4. The number of allylic oxidation sites excluding steroid dienone is 3. The van der Waals surface area contributed by atoms with E-state index in [1.165, 1.54) is 24.3 Å².